The first-order valence-electron chi connectivity index (χ1n) is 5.14. The SMILES string of the molecule is COc1cc(C=CCCOC=O)ccc1C. The highest BCUT2D eigenvalue weighted by Gasteiger charge is 1.97. The molecule has 0 N–H and O–H groups in total. The molecule has 0 aromatic heterocycles. The fourth-order valence-corrected chi connectivity index (χ4v) is 1.34. The van der Waals surface area contributed by atoms with Gasteiger partial charge in [-0.3, -0.25) is 4.79 Å². The van der Waals surface area contributed by atoms with Crippen LogP contribution in [0.25, 0.3) is 6.08 Å². The molecule has 1 rings (SSSR count). The summed E-state index contributed by atoms with van der Waals surface area (Å²) in [5.74, 6) is 0.881. The number of hydrogen-bond acceptors (Lipinski definition) is 3. The monoisotopic (exact) mass is 220 g/mol. The molecule has 1 aromatic rings. The third-order valence-electron chi connectivity index (χ3n) is 2.21. The van der Waals surface area contributed by atoms with E-state index in [2.05, 4.69) is 4.74 Å². The Bertz CT molecular complexity index is 369. The first-order chi connectivity index (χ1) is 7.77. The number of methoxy groups -OCH3 is 1. The van der Waals surface area contributed by atoms with Crippen molar-refractivity contribution in [2.75, 3.05) is 13.7 Å². The second-order valence-corrected chi connectivity index (χ2v) is 3.39. The molecule has 1 aromatic carbocycles. The average molecular weight is 220 g/mol. The van der Waals surface area contributed by atoms with E-state index in [9.17, 15) is 4.79 Å². The van der Waals surface area contributed by atoms with E-state index in [4.69, 9.17) is 4.74 Å². The zero-order chi connectivity index (χ0) is 11.8. The highest BCUT2D eigenvalue weighted by Crippen LogP contribution is 2.19. The first-order valence-corrected chi connectivity index (χ1v) is 5.14. The van der Waals surface area contributed by atoms with Gasteiger partial charge in [0.15, 0.2) is 0 Å². The van der Waals surface area contributed by atoms with Gasteiger partial charge in [-0.05, 0) is 30.5 Å². The van der Waals surface area contributed by atoms with Gasteiger partial charge in [-0.25, -0.2) is 0 Å². The molecular formula is C13H16O3. The molecule has 0 spiro atoms. The Morgan fingerprint density at radius 3 is 2.88 bits per heavy atom. The van der Waals surface area contributed by atoms with Crippen LogP contribution in [0.1, 0.15) is 17.5 Å². The van der Waals surface area contributed by atoms with Crippen molar-refractivity contribution in [3.8, 4) is 5.75 Å². The summed E-state index contributed by atoms with van der Waals surface area (Å²) in [5.41, 5.74) is 2.19. The molecule has 16 heavy (non-hydrogen) atoms. The molecule has 0 aliphatic heterocycles. The standard InChI is InChI=1S/C13H16O3/c1-11-6-7-12(9-13(11)15-2)5-3-4-8-16-10-14/h3,5-7,9-10H,4,8H2,1-2H3. The zero-order valence-electron chi connectivity index (χ0n) is 9.60. The summed E-state index contributed by atoms with van der Waals surface area (Å²) in [7, 11) is 1.66. The first kappa shape index (κ1) is 12.3. The van der Waals surface area contributed by atoms with Crippen LogP contribution in [0, 0.1) is 6.92 Å². The maximum absolute atomic E-state index is 9.90. The summed E-state index contributed by atoms with van der Waals surface area (Å²) in [6, 6.07) is 6.02. The van der Waals surface area contributed by atoms with Crippen LogP contribution in [0.4, 0.5) is 0 Å². The Morgan fingerprint density at radius 1 is 1.38 bits per heavy atom. The second-order valence-electron chi connectivity index (χ2n) is 3.39. The molecule has 0 aliphatic carbocycles. The summed E-state index contributed by atoms with van der Waals surface area (Å²) in [6.45, 7) is 2.88. The van der Waals surface area contributed by atoms with E-state index >= 15 is 0 Å². The Labute approximate surface area is 95.7 Å². The molecule has 3 nitrogen and oxygen atoms in total. The number of hydrogen-bond donors (Lipinski definition) is 0. The minimum atomic E-state index is 0.420. The van der Waals surface area contributed by atoms with Crippen molar-refractivity contribution < 1.29 is 14.3 Å². The van der Waals surface area contributed by atoms with Crippen molar-refractivity contribution in [2.45, 2.75) is 13.3 Å². The van der Waals surface area contributed by atoms with E-state index in [0.717, 1.165) is 23.3 Å². The van der Waals surface area contributed by atoms with Gasteiger partial charge in [0, 0.05) is 0 Å². The highest BCUT2D eigenvalue weighted by molar-refractivity contribution is 5.53. The second kappa shape index (κ2) is 6.67. The average Bonchev–Trinajstić information content (AvgIpc) is 2.31. The van der Waals surface area contributed by atoms with Crippen molar-refractivity contribution in [1.82, 2.24) is 0 Å². The number of carbonyl (C=O) groups excluding carboxylic acids is 1. The summed E-state index contributed by atoms with van der Waals surface area (Å²) in [5, 5.41) is 0. The van der Waals surface area contributed by atoms with Crippen LogP contribution < -0.4 is 4.74 Å². The third kappa shape index (κ3) is 3.77. The Kier molecular flexibility index (Phi) is 5.12. The van der Waals surface area contributed by atoms with Gasteiger partial charge in [-0.15, -0.1) is 0 Å². The molecule has 0 radical (unpaired) electrons. The predicted octanol–water partition coefficient (Wildman–Crippen LogP) is 2.58. The van der Waals surface area contributed by atoms with Crippen LogP contribution in [0.5, 0.6) is 5.75 Å². The smallest absolute Gasteiger partial charge is 0.293 e. The third-order valence-corrected chi connectivity index (χ3v) is 2.21. The van der Waals surface area contributed by atoms with Crippen molar-refractivity contribution in [3.05, 3.63) is 35.4 Å². The van der Waals surface area contributed by atoms with Crippen LogP contribution in [0.15, 0.2) is 24.3 Å². The Morgan fingerprint density at radius 2 is 2.19 bits per heavy atom. The van der Waals surface area contributed by atoms with Crippen LogP contribution in [0.3, 0.4) is 0 Å². The van der Waals surface area contributed by atoms with Crippen molar-refractivity contribution in [1.29, 1.82) is 0 Å². The maximum Gasteiger partial charge on any atom is 0.293 e. The van der Waals surface area contributed by atoms with E-state index in [0.29, 0.717) is 13.1 Å². The van der Waals surface area contributed by atoms with Crippen LogP contribution in [-0.4, -0.2) is 20.2 Å². The van der Waals surface area contributed by atoms with E-state index in [-0.39, 0.29) is 0 Å². The van der Waals surface area contributed by atoms with Crippen LogP contribution >= 0.6 is 0 Å². The van der Waals surface area contributed by atoms with Gasteiger partial charge < -0.3 is 9.47 Å². The minimum absolute atomic E-state index is 0.420. The Balaban J connectivity index is 2.56. The number of ether oxygens (including phenoxy) is 2. The summed E-state index contributed by atoms with van der Waals surface area (Å²) < 4.78 is 9.80. The lowest BCUT2D eigenvalue weighted by atomic mass is 10.1. The van der Waals surface area contributed by atoms with Gasteiger partial charge >= 0.3 is 0 Å². The molecule has 0 saturated heterocycles. The zero-order valence-corrected chi connectivity index (χ0v) is 9.60. The molecule has 0 amide bonds. The Hall–Kier alpha value is -1.77. The predicted molar refractivity (Wildman–Crippen MR) is 63.4 cm³/mol. The van der Waals surface area contributed by atoms with Gasteiger partial charge in [0.1, 0.15) is 5.75 Å². The molecular weight excluding hydrogens is 204 g/mol. The molecule has 3 heteroatoms. The van der Waals surface area contributed by atoms with Crippen LogP contribution in [0.2, 0.25) is 0 Å². The summed E-state index contributed by atoms with van der Waals surface area (Å²) >= 11 is 0. The van der Waals surface area contributed by atoms with Gasteiger partial charge in [-0.1, -0.05) is 24.3 Å². The molecule has 0 aliphatic rings. The van der Waals surface area contributed by atoms with E-state index in [1.54, 1.807) is 7.11 Å². The van der Waals surface area contributed by atoms with Gasteiger partial charge in [0.05, 0.1) is 13.7 Å². The number of aryl methyl sites for hydroxylation is 1. The molecule has 0 heterocycles. The van der Waals surface area contributed by atoms with Gasteiger partial charge in [-0.2, -0.15) is 0 Å². The molecule has 0 atom stereocenters. The number of carbonyl (C=O) groups is 1. The topological polar surface area (TPSA) is 35.5 Å². The molecule has 0 fully saturated rings. The maximum atomic E-state index is 9.90. The largest absolute Gasteiger partial charge is 0.496 e. The number of benzene rings is 1. The summed E-state index contributed by atoms with van der Waals surface area (Å²) in [4.78, 5) is 9.90. The molecule has 0 unspecified atom stereocenters. The van der Waals surface area contributed by atoms with E-state index < -0.39 is 0 Å². The van der Waals surface area contributed by atoms with Crippen molar-refractivity contribution in [3.63, 3.8) is 0 Å². The van der Waals surface area contributed by atoms with Crippen LogP contribution in [-0.2, 0) is 9.53 Å². The van der Waals surface area contributed by atoms with Gasteiger partial charge in [0.25, 0.3) is 6.47 Å². The number of rotatable bonds is 6. The lowest BCUT2D eigenvalue weighted by Crippen LogP contribution is -1.89. The molecule has 0 bridgehead atoms. The fourth-order valence-electron chi connectivity index (χ4n) is 1.34. The highest BCUT2D eigenvalue weighted by atomic mass is 16.5. The lowest BCUT2D eigenvalue weighted by Gasteiger charge is -2.04. The fraction of sp³-hybridized carbons (Fsp3) is 0.308. The minimum Gasteiger partial charge on any atom is -0.496 e. The van der Waals surface area contributed by atoms with Crippen molar-refractivity contribution in [2.24, 2.45) is 0 Å². The van der Waals surface area contributed by atoms with E-state index in [1.807, 2.05) is 37.3 Å². The van der Waals surface area contributed by atoms with Gasteiger partial charge in [0.2, 0.25) is 0 Å². The summed E-state index contributed by atoms with van der Waals surface area (Å²) in [6.07, 6.45) is 4.67. The normalized spacial score (nSPS) is 10.4. The molecule has 0 saturated carbocycles. The van der Waals surface area contributed by atoms with Crippen molar-refractivity contribution >= 4 is 12.5 Å². The lowest BCUT2D eigenvalue weighted by molar-refractivity contribution is -0.128. The molecule has 86 valence electrons. The quantitative estimate of drug-likeness (QED) is 0.546. The van der Waals surface area contributed by atoms with E-state index in [1.165, 1.54) is 0 Å².